The minimum absolute atomic E-state index is 0.582. The van der Waals surface area contributed by atoms with Crippen LogP contribution in [0.4, 0.5) is 0 Å². The molecule has 112 valence electrons. The number of hydrogen-bond donors (Lipinski definition) is 2. The number of nitrogens with two attached hydrogens (primary N) is 1. The smallest absolute Gasteiger partial charge is 0.208 e. The largest absolute Gasteiger partial charge is 0.382 e. The van der Waals surface area contributed by atoms with E-state index in [2.05, 4.69) is 32.8 Å². The Kier molecular flexibility index (Phi) is 6.29. The van der Waals surface area contributed by atoms with E-state index in [1.165, 1.54) is 17.7 Å². The molecule has 1 heterocycles. The maximum Gasteiger partial charge on any atom is 0.208 e. The molecule has 20 heavy (non-hydrogen) atoms. The third-order valence-corrected chi connectivity index (χ3v) is 4.07. The van der Waals surface area contributed by atoms with Crippen molar-refractivity contribution in [1.82, 2.24) is 10.3 Å². The molecule has 0 aromatic carbocycles. The molecule has 0 atom stereocenters. The van der Waals surface area contributed by atoms with Crippen LogP contribution >= 0.6 is 11.3 Å². The van der Waals surface area contributed by atoms with Crippen LogP contribution in [0.2, 0.25) is 0 Å². The molecule has 0 spiro atoms. The van der Waals surface area contributed by atoms with E-state index < -0.39 is 0 Å². The second-order valence-electron chi connectivity index (χ2n) is 4.84. The van der Waals surface area contributed by atoms with Crippen molar-refractivity contribution in [3.05, 3.63) is 22.4 Å². The Hall–Kier alpha value is -1.11. The fraction of sp³-hybridized carbons (Fsp3) is 0.643. The van der Waals surface area contributed by atoms with E-state index >= 15 is 0 Å². The van der Waals surface area contributed by atoms with Crippen molar-refractivity contribution >= 4 is 17.3 Å². The van der Waals surface area contributed by atoms with E-state index in [9.17, 15) is 0 Å². The summed E-state index contributed by atoms with van der Waals surface area (Å²) >= 11 is 1.77. The second kappa shape index (κ2) is 8.24. The Bertz CT molecular complexity index is 403. The van der Waals surface area contributed by atoms with Gasteiger partial charge in [0.05, 0.1) is 6.54 Å². The molecule has 0 bridgehead atoms. The number of guanidine groups is 1. The molecule has 0 unspecified atom stereocenters. The predicted molar refractivity (Wildman–Crippen MR) is 83.6 cm³/mol. The monoisotopic (exact) mass is 296 g/mol. The summed E-state index contributed by atoms with van der Waals surface area (Å²) in [6.45, 7) is 5.15. The van der Waals surface area contributed by atoms with Crippen LogP contribution in [0.25, 0.3) is 0 Å². The Labute approximate surface area is 124 Å². The Balaban J connectivity index is 1.89. The van der Waals surface area contributed by atoms with Crippen LogP contribution in [0.3, 0.4) is 0 Å². The van der Waals surface area contributed by atoms with Crippen molar-refractivity contribution < 1.29 is 4.74 Å². The average molecular weight is 296 g/mol. The fourth-order valence-corrected chi connectivity index (χ4v) is 2.75. The highest BCUT2D eigenvalue weighted by molar-refractivity contribution is 7.09. The van der Waals surface area contributed by atoms with Crippen molar-refractivity contribution in [2.24, 2.45) is 10.8 Å². The molecular weight excluding hydrogens is 272 g/mol. The molecule has 0 radical (unpaired) electrons. The third-order valence-electron chi connectivity index (χ3n) is 3.21. The van der Waals surface area contributed by atoms with E-state index in [0.717, 1.165) is 38.7 Å². The molecule has 1 saturated carbocycles. The van der Waals surface area contributed by atoms with Crippen LogP contribution in [0.15, 0.2) is 22.5 Å². The topological polar surface area (TPSA) is 62.9 Å². The average Bonchev–Trinajstić information content (AvgIpc) is 3.18. The van der Waals surface area contributed by atoms with Gasteiger partial charge in [0.25, 0.3) is 0 Å². The molecule has 0 aliphatic heterocycles. The lowest BCUT2D eigenvalue weighted by Gasteiger charge is -2.25. The van der Waals surface area contributed by atoms with E-state index in [-0.39, 0.29) is 0 Å². The summed E-state index contributed by atoms with van der Waals surface area (Å²) in [5.41, 5.74) is 2.77. The van der Waals surface area contributed by atoms with Crippen LogP contribution in [0, 0.1) is 0 Å². The lowest BCUT2D eigenvalue weighted by atomic mass is 10.4. The normalized spacial score (nSPS) is 15.4. The van der Waals surface area contributed by atoms with Gasteiger partial charge >= 0.3 is 0 Å². The van der Waals surface area contributed by atoms with Crippen LogP contribution in [0.1, 0.15) is 31.1 Å². The quantitative estimate of drug-likeness (QED) is 0.253. The predicted octanol–water partition coefficient (Wildman–Crippen LogP) is 1.96. The molecule has 5 nitrogen and oxygen atoms in total. The van der Waals surface area contributed by atoms with Crippen LogP contribution in [-0.4, -0.2) is 36.7 Å². The highest BCUT2D eigenvalue weighted by Gasteiger charge is 2.31. The minimum Gasteiger partial charge on any atom is -0.382 e. The third kappa shape index (κ3) is 4.77. The van der Waals surface area contributed by atoms with Crippen LogP contribution < -0.4 is 11.3 Å². The zero-order valence-electron chi connectivity index (χ0n) is 12.0. The van der Waals surface area contributed by atoms with Gasteiger partial charge in [-0.05, 0) is 37.6 Å². The number of nitrogens with zero attached hydrogens (tertiary/aromatic N) is 2. The minimum atomic E-state index is 0.582. The number of hydrazine groups is 1. The first-order valence-corrected chi connectivity index (χ1v) is 8.11. The molecule has 1 aliphatic carbocycles. The molecule has 1 aliphatic rings. The molecule has 2 rings (SSSR count). The van der Waals surface area contributed by atoms with Crippen LogP contribution in [0.5, 0.6) is 0 Å². The van der Waals surface area contributed by atoms with E-state index in [0.29, 0.717) is 6.04 Å². The molecule has 0 saturated heterocycles. The molecule has 1 aromatic heterocycles. The molecule has 3 N–H and O–H groups in total. The van der Waals surface area contributed by atoms with Crippen molar-refractivity contribution in [2.75, 3.05) is 19.8 Å². The van der Waals surface area contributed by atoms with E-state index in [4.69, 9.17) is 10.6 Å². The van der Waals surface area contributed by atoms with Crippen molar-refractivity contribution in [2.45, 2.75) is 38.8 Å². The lowest BCUT2D eigenvalue weighted by molar-refractivity contribution is 0.146. The van der Waals surface area contributed by atoms with Gasteiger partial charge in [0, 0.05) is 30.7 Å². The number of aliphatic imine (C=N–C) groups is 1. The van der Waals surface area contributed by atoms with E-state index in [1.54, 1.807) is 11.3 Å². The summed E-state index contributed by atoms with van der Waals surface area (Å²) in [7, 11) is 0. The number of thiophene rings is 1. The highest BCUT2D eigenvalue weighted by Crippen LogP contribution is 2.29. The Morgan fingerprint density at radius 2 is 2.45 bits per heavy atom. The SMILES string of the molecule is CCOCCCN=C(NN)N(Cc1cccs1)C1CC1. The highest BCUT2D eigenvalue weighted by atomic mass is 32.1. The van der Waals surface area contributed by atoms with Gasteiger partial charge in [-0.2, -0.15) is 0 Å². The summed E-state index contributed by atoms with van der Waals surface area (Å²) < 4.78 is 5.32. The summed E-state index contributed by atoms with van der Waals surface area (Å²) in [6, 6.07) is 4.82. The molecule has 0 amide bonds. The molecule has 1 aromatic rings. The van der Waals surface area contributed by atoms with Gasteiger partial charge in [-0.1, -0.05) is 6.07 Å². The number of ether oxygens (including phenoxy) is 1. The first-order valence-electron chi connectivity index (χ1n) is 7.23. The van der Waals surface area contributed by atoms with Gasteiger partial charge in [-0.3, -0.25) is 10.4 Å². The summed E-state index contributed by atoms with van der Waals surface area (Å²) in [5, 5.41) is 2.11. The zero-order chi connectivity index (χ0) is 14.2. The second-order valence-corrected chi connectivity index (χ2v) is 5.87. The van der Waals surface area contributed by atoms with Gasteiger partial charge in [-0.15, -0.1) is 11.3 Å². The fourth-order valence-electron chi connectivity index (χ4n) is 2.05. The number of rotatable bonds is 8. The Morgan fingerprint density at radius 3 is 3.05 bits per heavy atom. The number of hydrogen-bond acceptors (Lipinski definition) is 4. The number of nitrogens with one attached hydrogen (secondary N) is 1. The molecule has 6 heteroatoms. The van der Waals surface area contributed by atoms with Gasteiger partial charge < -0.3 is 9.64 Å². The van der Waals surface area contributed by atoms with E-state index in [1.807, 2.05) is 6.92 Å². The first kappa shape index (κ1) is 15.3. The lowest BCUT2D eigenvalue weighted by Crippen LogP contribution is -2.45. The van der Waals surface area contributed by atoms with Crippen molar-refractivity contribution in [3.8, 4) is 0 Å². The maximum absolute atomic E-state index is 5.66. The van der Waals surface area contributed by atoms with Crippen LogP contribution in [-0.2, 0) is 11.3 Å². The summed E-state index contributed by atoms with van der Waals surface area (Å²) in [6.07, 6.45) is 3.38. The Morgan fingerprint density at radius 1 is 1.60 bits per heavy atom. The first-order chi connectivity index (χ1) is 9.85. The summed E-state index contributed by atoms with van der Waals surface area (Å²) in [4.78, 5) is 8.21. The van der Waals surface area contributed by atoms with Gasteiger partial charge in [0.2, 0.25) is 5.96 Å². The van der Waals surface area contributed by atoms with Crippen molar-refractivity contribution in [3.63, 3.8) is 0 Å². The molecular formula is C14H24N4OS. The molecule has 1 fully saturated rings. The van der Waals surface area contributed by atoms with Crippen molar-refractivity contribution in [1.29, 1.82) is 0 Å². The standard InChI is InChI=1S/C14H24N4OS/c1-2-19-9-4-8-16-14(17-15)18(12-6-7-12)11-13-5-3-10-20-13/h3,5,10,12H,2,4,6-9,11,15H2,1H3,(H,16,17). The maximum atomic E-state index is 5.66. The zero-order valence-corrected chi connectivity index (χ0v) is 12.9. The van der Waals surface area contributed by atoms with Gasteiger partial charge in [-0.25, -0.2) is 5.84 Å². The summed E-state index contributed by atoms with van der Waals surface area (Å²) in [5.74, 6) is 6.46. The van der Waals surface area contributed by atoms with Gasteiger partial charge in [0.15, 0.2) is 0 Å². The van der Waals surface area contributed by atoms with Gasteiger partial charge in [0.1, 0.15) is 0 Å².